The summed E-state index contributed by atoms with van der Waals surface area (Å²) in [6.07, 6.45) is 3.34. The van der Waals surface area contributed by atoms with E-state index < -0.39 is 0 Å². The number of nitrogens with zero attached hydrogens (tertiary/aromatic N) is 2. The summed E-state index contributed by atoms with van der Waals surface area (Å²) >= 11 is 0. The number of benzene rings is 1. The number of nitro groups is 1. The molecule has 0 bridgehead atoms. The molecule has 1 aliphatic heterocycles. The highest BCUT2D eigenvalue weighted by atomic mass is 16.6. The van der Waals surface area contributed by atoms with Crippen LogP contribution in [0.25, 0.3) is 0 Å². The predicted octanol–water partition coefficient (Wildman–Crippen LogP) is 3.03. The fourth-order valence-corrected chi connectivity index (χ4v) is 2.62. The van der Waals surface area contributed by atoms with Crippen molar-refractivity contribution in [1.82, 2.24) is 0 Å². The molecule has 1 fully saturated rings. The lowest BCUT2D eigenvalue weighted by atomic mass is 10.1. The summed E-state index contributed by atoms with van der Waals surface area (Å²) in [5.74, 6) is 0. The average Bonchev–Trinajstić information content (AvgIpc) is 2.52. The summed E-state index contributed by atoms with van der Waals surface area (Å²) in [7, 11) is 1.77. The number of rotatable bonds is 6. The van der Waals surface area contributed by atoms with Crippen LogP contribution in [0.4, 0.5) is 17.1 Å². The Bertz CT molecular complexity index is 493. The second-order valence-corrected chi connectivity index (χ2v) is 5.33. The smallest absolute Gasteiger partial charge is 0.273 e. The van der Waals surface area contributed by atoms with E-state index in [1.165, 1.54) is 0 Å². The summed E-state index contributed by atoms with van der Waals surface area (Å²) in [6, 6.07) is 5.15. The Morgan fingerprint density at radius 3 is 2.95 bits per heavy atom. The number of non-ortho nitro benzene ring substituents is 1. The first kappa shape index (κ1) is 15.6. The van der Waals surface area contributed by atoms with Crippen LogP contribution in [0.2, 0.25) is 0 Å². The largest absolute Gasteiger partial charge is 0.388 e. The van der Waals surface area contributed by atoms with E-state index in [4.69, 9.17) is 4.74 Å². The van der Waals surface area contributed by atoms with Crippen molar-refractivity contribution in [2.75, 3.05) is 37.0 Å². The molecule has 1 saturated heterocycles. The third-order valence-electron chi connectivity index (χ3n) is 3.70. The minimum atomic E-state index is -0.348. The van der Waals surface area contributed by atoms with Gasteiger partial charge >= 0.3 is 0 Å². The molecule has 0 radical (unpaired) electrons. The van der Waals surface area contributed by atoms with Crippen molar-refractivity contribution in [3.05, 3.63) is 28.3 Å². The Morgan fingerprint density at radius 1 is 1.48 bits per heavy atom. The molecule has 6 heteroatoms. The fraction of sp³-hybridized carbons (Fsp3) is 0.600. The first-order chi connectivity index (χ1) is 10.1. The van der Waals surface area contributed by atoms with Crippen molar-refractivity contribution in [2.45, 2.75) is 32.3 Å². The Morgan fingerprint density at radius 2 is 2.29 bits per heavy atom. The number of nitro benzene ring substituents is 1. The van der Waals surface area contributed by atoms with Crippen LogP contribution in [0.3, 0.4) is 0 Å². The van der Waals surface area contributed by atoms with Crippen LogP contribution in [-0.4, -0.2) is 37.8 Å². The van der Waals surface area contributed by atoms with Crippen molar-refractivity contribution in [2.24, 2.45) is 0 Å². The van der Waals surface area contributed by atoms with Crippen molar-refractivity contribution < 1.29 is 9.66 Å². The summed E-state index contributed by atoms with van der Waals surface area (Å²) in [5, 5.41) is 14.0. The molecular formula is C15H23N3O3. The minimum Gasteiger partial charge on any atom is -0.388 e. The topological polar surface area (TPSA) is 67.6 Å². The molecular weight excluding hydrogens is 270 g/mol. The summed E-state index contributed by atoms with van der Waals surface area (Å²) in [6.45, 7) is 4.58. The third-order valence-corrected chi connectivity index (χ3v) is 3.70. The van der Waals surface area contributed by atoms with Gasteiger partial charge in [0, 0.05) is 50.3 Å². The van der Waals surface area contributed by atoms with Crippen molar-refractivity contribution in [1.29, 1.82) is 0 Å². The van der Waals surface area contributed by atoms with E-state index >= 15 is 0 Å². The molecule has 0 aliphatic carbocycles. The Labute approximate surface area is 125 Å². The number of piperidine rings is 1. The van der Waals surface area contributed by atoms with Gasteiger partial charge in [-0.1, -0.05) is 6.92 Å². The zero-order valence-corrected chi connectivity index (χ0v) is 12.7. The molecule has 1 N–H and O–H groups in total. The lowest BCUT2D eigenvalue weighted by Gasteiger charge is -2.34. The molecule has 1 aromatic carbocycles. The lowest BCUT2D eigenvalue weighted by Crippen LogP contribution is -2.39. The molecule has 1 heterocycles. The van der Waals surface area contributed by atoms with E-state index in [1.807, 2.05) is 6.07 Å². The normalized spacial score (nSPS) is 18.6. The van der Waals surface area contributed by atoms with E-state index in [-0.39, 0.29) is 16.7 Å². The second kappa shape index (κ2) is 7.26. The number of ether oxygens (including phenoxy) is 1. The zero-order valence-electron chi connectivity index (χ0n) is 12.7. The van der Waals surface area contributed by atoms with E-state index in [9.17, 15) is 10.1 Å². The fourth-order valence-electron chi connectivity index (χ4n) is 2.62. The number of anilines is 2. The monoisotopic (exact) mass is 293 g/mol. The molecule has 0 saturated carbocycles. The van der Waals surface area contributed by atoms with Gasteiger partial charge in [-0.2, -0.15) is 0 Å². The van der Waals surface area contributed by atoms with Gasteiger partial charge in [0.25, 0.3) is 5.69 Å². The molecule has 0 spiro atoms. The van der Waals surface area contributed by atoms with Gasteiger partial charge in [-0.05, 0) is 25.3 Å². The van der Waals surface area contributed by atoms with Crippen molar-refractivity contribution in [3.63, 3.8) is 0 Å². The molecule has 1 atom stereocenters. The minimum absolute atomic E-state index is 0.119. The third kappa shape index (κ3) is 4.07. The predicted molar refractivity (Wildman–Crippen MR) is 84.1 cm³/mol. The van der Waals surface area contributed by atoms with Gasteiger partial charge in [-0.25, -0.2) is 0 Å². The second-order valence-electron chi connectivity index (χ2n) is 5.33. The quantitative estimate of drug-likeness (QED) is 0.645. The highest BCUT2D eigenvalue weighted by molar-refractivity contribution is 5.64. The van der Waals surface area contributed by atoms with Gasteiger partial charge < -0.3 is 15.0 Å². The Balaban J connectivity index is 2.16. The molecule has 1 aromatic rings. The first-order valence-electron chi connectivity index (χ1n) is 7.47. The van der Waals surface area contributed by atoms with Gasteiger partial charge in [0.1, 0.15) is 0 Å². The van der Waals surface area contributed by atoms with Gasteiger partial charge in [0.15, 0.2) is 0 Å². The molecule has 1 unspecified atom stereocenters. The van der Waals surface area contributed by atoms with Crippen molar-refractivity contribution >= 4 is 17.1 Å². The van der Waals surface area contributed by atoms with Crippen LogP contribution in [0.5, 0.6) is 0 Å². The first-order valence-corrected chi connectivity index (χ1v) is 7.47. The van der Waals surface area contributed by atoms with Crippen LogP contribution in [0.15, 0.2) is 18.2 Å². The standard InChI is InChI=1S/C15H23N3O3/c1-3-7-21-15-5-4-6-17(11-15)13-8-12(16-2)9-14(10-13)18(19)20/h8-10,15-16H,3-7,11H2,1-2H3. The number of hydrogen-bond acceptors (Lipinski definition) is 5. The molecule has 0 amide bonds. The Hall–Kier alpha value is -1.82. The molecule has 2 rings (SSSR count). The lowest BCUT2D eigenvalue weighted by molar-refractivity contribution is -0.384. The van der Waals surface area contributed by atoms with Crippen LogP contribution >= 0.6 is 0 Å². The highest BCUT2D eigenvalue weighted by Crippen LogP contribution is 2.29. The maximum absolute atomic E-state index is 11.0. The SMILES string of the molecule is CCCOC1CCCN(c2cc(NC)cc([N+](=O)[O-])c2)C1. The summed E-state index contributed by atoms with van der Waals surface area (Å²) in [5.41, 5.74) is 1.77. The highest BCUT2D eigenvalue weighted by Gasteiger charge is 2.22. The van der Waals surface area contributed by atoms with Crippen LogP contribution in [0, 0.1) is 10.1 Å². The van der Waals surface area contributed by atoms with E-state index in [0.29, 0.717) is 0 Å². The summed E-state index contributed by atoms with van der Waals surface area (Å²) in [4.78, 5) is 12.9. The molecule has 6 nitrogen and oxygen atoms in total. The molecule has 116 valence electrons. The van der Waals surface area contributed by atoms with Gasteiger partial charge in [0.05, 0.1) is 11.0 Å². The number of hydrogen-bond donors (Lipinski definition) is 1. The van der Waals surface area contributed by atoms with Crippen molar-refractivity contribution in [3.8, 4) is 0 Å². The van der Waals surface area contributed by atoms with E-state index in [2.05, 4.69) is 17.1 Å². The Kier molecular flexibility index (Phi) is 5.38. The maximum atomic E-state index is 11.0. The zero-order chi connectivity index (χ0) is 15.2. The van der Waals surface area contributed by atoms with Crippen LogP contribution in [-0.2, 0) is 4.74 Å². The molecule has 1 aliphatic rings. The van der Waals surface area contributed by atoms with Crippen LogP contribution in [0.1, 0.15) is 26.2 Å². The van der Waals surface area contributed by atoms with E-state index in [0.717, 1.165) is 50.3 Å². The van der Waals surface area contributed by atoms with Gasteiger partial charge in [-0.3, -0.25) is 10.1 Å². The van der Waals surface area contributed by atoms with E-state index in [1.54, 1.807) is 19.2 Å². The molecule has 0 aromatic heterocycles. The summed E-state index contributed by atoms with van der Waals surface area (Å²) < 4.78 is 5.83. The maximum Gasteiger partial charge on any atom is 0.273 e. The van der Waals surface area contributed by atoms with Crippen LogP contribution < -0.4 is 10.2 Å². The average molecular weight is 293 g/mol. The molecule has 21 heavy (non-hydrogen) atoms. The van der Waals surface area contributed by atoms with Gasteiger partial charge in [0.2, 0.25) is 0 Å². The van der Waals surface area contributed by atoms with Gasteiger partial charge in [-0.15, -0.1) is 0 Å². The number of nitrogens with one attached hydrogen (secondary N) is 1.